The number of aldehydes is 1. The highest BCUT2D eigenvalue weighted by Crippen LogP contribution is 2.38. The molecule has 0 aliphatic carbocycles. The minimum atomic E-state index is -2.60. The van der Waals surface area contributed by atoms with Gasteiger partial charge in [-0.2, -0.15) is 0 Å². The predicted molar refractivity (Wildman–Crippen MR) is 286 cm³/mol. The molecule has 22 nitrogen and oxygen atoms in total. The lowest BCUT2D eigenvalue weighted by Crippen LogP contribution is -2.63. The Labute approximate surface area is 442 Å². The zero-order chi connectivity index (χ0) is 58.1. The number of rotatable bonds is 26. The van der Waals surface area contributed by atoms with Crippen LogP contribution in [0.25, 0.3) is 0 Å². The molecule has 0 aromatic carbocycles. The van der Waals surface area contributed by atoms with Crippen molar-refractivity contribution in [2.24, 2.45) is 23.7 Å². The summed E-state index contributed by atoms with van der Waals surface area (Å²) in [6.07, 6.45) is 0.396. The minimum absolute atomic E-state index is 0.0259. The van der Waals surface area contributed by atoms with Crippen LogP contribution < -0.4 is 21.3 Å². The number of nitrogens with zero attached hydrogens (tertiary/aromatic N) is 6. The fourth-order valence-corrected chi connectivity index (χ4v) is 9.30. The Kier molecular flexibility index (Phi) is 28.0. The van der Waals surface area contributed by atoms with Crippen LogP contribution in [0.2, 0.25) is 18.1 Å². The van der Waals surface area contributed by atoms with Crippen molar-refractivity contribution in [3.05, 3.63) is 0 Å². The number of imide groups is 3. The fourth-order valence-electron chi connectivity index (χ4n) is 7.86. The second-order valence-electron chi connectivity index (χ2n) is 22.4. The predicted octanol–water partition coefficient (Wildman–Crippen LogP) is 4.42. The molecule has 0 heterocycles. The lowest BCUT2D eigenvalue weighted by Gasteiger charge is -2.45. The van der Waals surface area contributed by atoms with E-state index in [-0.39, 0.29) is 48.5 Å². The lowest BCUT2D eigenvalue weighted by molar-refractivity contribution is -0.147. The number of carbonyl (C=O) groups is 11. The third-order valence-corrected chi connectivity index (χ3v) is 18.2. The highest BCUT2D eigenvalue weighted by molar-refractivity contribution is 6.74. The maximum Gasteiger partial charge on any atom is 0.327 e. The van der Waals surface area contributed by atoms with Crippen molar-refractivity contribution in [3.8, 4) is 0 Å². The van der Waals surface area contributed by atoms with Crippen molar-refractivity contribution >= 4 is 74.0 Å². The van der Waals surface area contributed by atoms with E-state index in [1.807, 2.05) is 66.9 Å². The third kappa shape index (κ3) is 19.7. The number of urea groups is 3. The zero-order valence-electron chi connectivity index (χ0n) is 48.8. The van der Waals surface area contributed by atoms with Crippen LogP contribution in [0.3, 0.4) is 0 Å². The van der Waals surface area contributed by atoms with Gasteiger partial charge in [-0.1, -0.05) is 83.1 Å². The number of nitrogens with one attached hydrogen (secondary N) is 4. The summed E-state index contributed by atoms with van der Waals surface area (Å²) in [5.41, 5.74) is 0. The van der Waals surface area contributed by atoms with Gasteiger partial charge in [0.2, 0.25) is 29.5 Å². The van der Waals surface area contributed by atoms with Crippen molar-refractivity contribution in [1.29, 1.82) is 0 Å². The van der Waals surface area contributed by atoms with E-state index in [9.17, 15) is 47.9 Å². The Morgan fingerprint density at radius 1 is 0.676 bits per heavy atom. The van der Waals surface area contributed by atoms with Gasteiger partial charge in [0.1, 0.15) is 36.5 Å². The van der Waals surface area contributed by atoms with Gasteiger partial charge in [0, 0.05) is 55.1 Å². The van der Waals surface area contributed by atoms with Crippen LogP contribution in [-0.4, -0.2) is 195 Å². The van der Waals surface area contributed by atoms with Gasteiger partial charge in [-0.15, -0.1) is 0 Å². The zero-order valence-corrected chi connectivity index (χ0v) is 49.8. The molecule has 0 saturated carbocycles. The van der Waals surface area contributed by atoms with Crippen LogP contribution in [0, 0.1) is 23.7 Å². The minimum Gasteiger partial charge on any atom is -0.412 e. The molecule has 0 aliphatic rings. The number of carbonyl (C=O) groups excluding carboxylic acids is 11. The van der Waals surface area contributed by atoms with E-state index in [1.165, 1.54) is 52.0 Å². The molecule has 424 valence electrons. The molecule has 0 radical (unpaired) electrons. The average Bonchev–Trinajstić information content (AvgIpc) is 3.29. The van der Waals surface area contributed by atoms with Crippen LogP contribution >= 0.6 is 0 Å². The molecule has 0 bridgehead atoms. The Hall–Kier alpha value is -5.45. The second kappa shape index (κ2) is 30.2. The lowest BCUT2D eigenvalue weighted by atomic mass is 9.98. The molecular weight excluding hydrogens is 973 g/mol. The van der Waals surface area contributed by atoms with E-state index >= 15 is 4.79 Å². The molecule has 0 saturated heterocycles. The highest BCUT2D eigenvalue weighted by atomic mass is 28.4. The first-order valence-corrected chi connectivity index (χ1v) is 28.7. The Bertz CT molecular complexity index is 1980. The molecule has 7 atom stereocenters. The molecule has 0 aromatic heterocycles. The molecule has 0 aliphatic heterocycles. The van der Waals surface area contributed by atoms with Crippen molar-refractivity contribution < 1.29 is 57.2 Å². The SMILES string of the molecule is CC[C@@H](C(=O)N(C)CC(=O)N(C)[C@@H](CC(C)C)C(=O)N[C@H](C(=O)N(C)C(=O)N[C@H](C)C(=O)NC(=O)NC)C(C)C)N(C(=O)N(C)C(=O)[C@H](C(C)C)N(C)C(=O)CCC(C)C)[C@H](CC=O)[C@H](C)O[Si](C)(C)C(C)(C)C. The first-order valence-electron chi connectivity index (χ1n) is 25.7. The van der Waals surface area contributed by atoms with Crippen LogP contribution in [0.1, 0.15) is 129 Å². The normalized spacial score (nSPS) is 14.6. The van der Waals surface area contributed by atoms with E-state index in [0.717, 1.165) is 21.7 Å². The quantitative estimate of drug-likeness (QED) is 0.0694. The van der Waals surface area contributed by atoms with E-state index in [2.05, 4.69) is 16.0 Å². The van der Waals surface area contributed by atoms with E-state index in [4.69, 9.17) is 4.43 Å². The third-order valence-electron chi connectivity index (χ3n) is 13.7. The van der Waals surface area contributed by atoms with E-state index < -0.39 is 123 Å². The molecule has 23 heteroatoms. The van der Waals surface area contributed by atoms with Crippen molar-refractivity contribution in [1.82, 2.24) is 50.7 Å². The maximum absolute atomic E-state index is 15.1. The van der Waals surface area contributed by atoms with Crippen molar-refractivity contribution in [2.45, 2.75) is 190 Å². The molecule has 74 heavy (non-hydrogen) atoms. The summed E-state index contributed by atoms with van der Waals surface area (Å²) in [7, 11) is 5.41. The highest BCUT2D eigenvalue weighted by Gasteiger charge is 2.46. The van der Waals surface area contributed by atoms with E-state index in [1.54, 1.807) is 41.5 Å². The van der Waals surface area contributed by atoms with Crippen LogP contribution in [0.15, 0.2) is 0 Å². The van der Waals surface area contributed by atoms with Gasteiger partial charge in [0.05, 0.1) is 18.7 Å². The Morgan fingerprint density at radius 2 is 1.23 bits per heavy atom. The average molecular weight is 1070 g/mol. The van der Waals surface area contributed by atoms with E-state index in [0.29, 0.717) is 17.6 Å². The molecular formula is C51H94N10O12Si. The van der Waals surface area contributed by atoms with Crippen LogP contribution in [0.5, 0.6) is 0 Å². The van der Waals surface area contributed by atoms with Gasteiger partial charge in [-0.25, -0.2) is 14.4 Å². The molecule has 0 fully saturated rings. The summed E-state index contributed by atoms with van der Waals surface area (Å²) < 4.78 is 6.76. The van der Waals surface area contributed by atoms with Gasteiger partial charge in [-0.3, -0.25) is 48.7 Å². The molecule has 0 rings (SSSR count). The summed E-state index contributed by atoms with van der Waals surface area (Å²) in [6, 6.07) is -9.86. The number of likely N-dealkylation sites (N-methyl/N-ethyl adjacent to an activating group) is 5. The van der Waals surface area contributed by atoms with Crippen LogP contribution in [-0.2, 0) is 42.8 Å². The number of amides is 13. The van der Waals surface area contributed by atoms with Crippen molar-refractivity contribution in [3.63, 3.8) is 0 Å². The molecule has 13 amide bonds. The fraction of sp³-hybridized carbons (Fsp3) is 0.784. The second-order valence-corrected chi connectivity index (χ2v) is 27.2. The molecule has 0 unspecified atom stereocenters. The molecule has 4 N–H and O–H groups in total. The summed E-state index contributed by atoms with van der Waals surface area (Å²) >= 11 is 0. The van der Waals surface area contributed by atoms with Crippen molar-refractivity contribution in [2.75, 3.05) is 48.8 Å². The summed E-state index contributed by atoms with van der Waals surface area (Å²) in [5, 5.41) is 9.00. The summed E-state index contributed by atoms with van der Waals surface area (Å²) in [5.74, 6) is -5.69. The monoisotopic (exact) mass is 1070 g/mol. The smallest absolute Gasteiger partial charge is 0.327 e. The maximum atomic E-state index is 15.1. The van der Waals surface area contributed by atoms with Crippen LogP contribution in [0.4, 0.5) is 14.4 Å². The largest absolute Gasteiger partial charge is 0.412 e. The van der Waals surface area contributed by atoms with Gasteiger partial charge in [0.15, 0.2) is 8.32 Å². The summed E-state index contributed by atoms with van der Waals surface area (Å²) in [4.78, 5) is 156. The summed E-state index contributed by atoms with van der Waals surface area (Å²) in [6.45, 7) is 28.7. The standard InChI is InChI=1S/C51H94N10O12Si/c1-23-36(61(37(26-27-62)35(11)73-74(21,22)51(12,13)14)50(72)60(20)47(69)42(33(8)9)58(18)39(63)25-24-30(2)3)45(67)56(16)29-40(64)57(17)38(28-31(4)5)44(66)54-41(32(6)7)46(68)59(19)49(71)53-34(10)43(65)55-48(70)52-15/h27,30-38,41-42H,23-26,28-29H2,1-22H3,(H,53,71)(H,54,66)(H2,52,55,65,70)/t34-,35+,36+,37-,38+,41+,42+/m1/s1. The molecule has 0 spiro atoms. The topological polar surface area (TPSA) is 265 Å². The Balaban J connectivity index is 7.19. The van der Waals surface area contributed by atoms with Gasteiger partial charge in [-0.05, 0) is 74.9 Å². The first-order chi connectivity index (χ1) is 33.9. The Morgan fingerprint density at radius 3 is 1.68 bits per heavy atom. The number of hydrogen-bond acceptors (Lipinski definition) is 12. The molecule has 0 aromatic rings. The number of hydrogen-bond donors (Lipinski definition) is 4. The van der Waals surface area contributed by atoms with Gasteiger partial charge < -0.3 is 44.8 Å². The van der Waals surface area contributed by atoms with Gasteiger partial charge >= 0.3 is 18.1 Å². The van der Waals surface area contributed by atoms with Gasteiger partial charge in [0.25, 0.3) is 11.8 Å². The first kappa shape index (κ1) is 68.5.